The van der Waals surface area contributed by atoms with Gasteiger partial charge in [-0.05, 0) is 57.0 Å². The summed E-state index contributed by atoms with van der Waals surface area (Å²) in [6.45, 7) is 7.12. The summed E-state index contributed by atoms with van der Waals surface area (Å²) in [7, 11) is 0. The number of hydrogen-bond donors (Lipinski definition) is 1. The number of rotatable bonds is 5. The first-order valence-electron chi connectivity index (χ1n) is 8.90. The smallest absolute Gasteiger partial charge is 0.0472 e. The Kier molecular flexibility index (Phi) is 5.36. The van der Waals surface area contributed by atoms with E-state index >= 15 is 0 Å². The molecule has 3 rings (SSSR count). The lowest BCUT2D eigenvalue weighted by Crippen LogP contribution is -2.48. The molecule has 0 unspecified atom stereocenters. The molecular formula is C17H32N2O. The van der Waals surface area contributed by atoms with Crippen LogP contribution in [-0.2, 0) is 4.74 Å². The Balaban J connectivity index is 1.55. The minimum Gasteiger partial charge on any atom is -0.381 e. The van der Waals surface area contributed by atoms with Gasteiger partial charge in [-0.25, -0.2) is 0 Å². The van der Waals surface area contributed by atoms with Crippen LogP contribution in [0.15, 0.2) is 0 Å². The fourth-order valence-electron chi connectivity index (χ4n) is 3.79. The van der Waals surface area contributed by atoms with Crippen molar-refractivity contribution in [3.8, 4) is 0 Å². The van der Waals surface area contributed by atoms with Gasteiger partial charge in [0.1, 0.15) is 0 Å². The fraction of sp³-hybridized carbons (Fsp3) is 1.00. The maximum absolute atomic E-state index is 5.63. The predicted octanol–water partition coefficient (Wildman–Crippen LogP) is 2.80. The number of hydrogen-bond acceptors (Lipinski definition) is 3. The Labute approximate surface area is 124 Å². The van der Waals surface area contributed by atoms with Gasteiger partial charge in [-0.3, -0.25) is 0 Å². The summed E-state index contributed by atoms with van der Waals surface area (Å²) in [5, 5.41) is 3.80. The fourth-order valence-corrected chi connectivity index (χ4v) is 3.79. The lowest BCUT2D eigenvalue weighted by atomic mass is 9.79. The maximum atomic E-state index is 5.63. The van der Waals surface area contributed by atoms with E-state index in [1.807, 2.05) is 0 Å². The second kappa shape index (κ2) is 7.24. The van der Waals surface area contributed by atoms with Crippen LogP contribution in [0.4, 0.5) is 0 Å². The van der Waals surface area contributed by atoms with E-state index in [2.05, 4.69) is 10.2 Å². The average Bonchev–Trinajstić information content (AvgIpc) is 3.25. The molecular weight excluding hydrogens is 248 g/mol. The van der Waals surface area contributed by atoms with E-state index in [1.54, 1.807) is 0 Å². The van der Waals surface area contributed by atoms with Crippen LogP contribution in [0.2, 0.25) is 0 Å². The van der Waals surface area contributed by atoms with Crippen LogP contribution in [0.5, 0.6) is 0 Å². The van der Waals surface area contributed by atoms with E-state index in [0.29, 0.717) is 5.41 Å². The van der Waals surface area contributed by atoms with E-state index in [-0.39, 0.29) is 0 Å². The van der Waals surface area contributed by atoms with Gasteiger partial charge in [-0.1, -0.05) is 19.3 Å². The largest absolute Gasteiger partial charge is 0.381 e. The second-order valence-corrected chi connectivity index (χ2v) is 7.31. The highest BCUT2D eigenvalue weighted by atomic mass is 16.5. The highest BCUT2D eigenvalue weighted by Crippen LogP contribution is 2.33. The first-order chi connectivity index (χ1) is 9.86. The lowest BCUT2D eigenvalue weighted by molar-refractivity contribution is -0.00565. The zero-order valence-electron chi connectivity index (χ0n) is 13.0. The Morgan fingerprint density at radius 3 is 2.25 bits per heavy atom. The van der Waals surface area contributed by atoms with Crippen molar-refractivity contribution in [2.45, 2.75) is 63.8 Å². The molecule has 0 aromatic rings. The number of nitrogens with one attached hydrogen (secondary N) is 1. The van der Waals surface area contributed by atoms with Crippen LogP contribution in [0.1, 0.15) is 57.8 Å². The van der Waals surface area contributed by atoms with Crippen molar-refractivity contribution < 1.29 is 4.74 Å². The van der Waals surface area contributed by atoms with Gasteiger partial charge >= 0.3 is 0 Å². The van der Waals surface area contributed by atoms with Crippen molar-refractivity contribution in [3.05, 3.63) is 0 Å². The van der Waals surface area contributed by atoms with Gasteiger partial charge in [0.2, 0.25) is 0 Å². The van der Waals surface area contributed by atoms with Gasteiger partial charge in [-0.2, -0.15) is 0 Å². The molecule has 2 heterocycles. The van der Waals surface area contributed by atoms with Crippen molar-refractivity contribution in [1.82, 2.24) is 10.2 Å². The maximum Gasteiger partial charge on any atom is 0.0472 e. The third-order valence-electron chi connectivity index (χ3n) is 5.40. The van der Waals surface area contributed by atoms with Crippen molar-refractivity contribution in [2.24, 2.45) is 5.41 Å². The zero-order valence-corrected chi connectivity index (χ0v) is 13.0. The molecule has 3 fully saturated rings. The van der Waals surface area contributed by atoms with Gasteiger partial charge in [0.15, 0.2) is 0 Å². The van der Waals surface area contributed by atoms with Crippen LogP contribution >= 0.6 is 0 Å². The Morgan fingerprint density at radius 1 is 0.950 bits per heavy atom. The number of nitrogens with zero attached hydrogens (tertiary/aromatic N) is 1. The highest BCUT2D eigenvalue weighted by Gasteiger charge is 2.36. The van der Waals surface area contributed by atoms with Gasteiger partial charge < -0.3 is 15.0 Å². The summed E-state index contributed by atoms with van der Waals surface area (Å²) in [4.78, 5) is 2.76. The Hall–Kier alpha value is -0.120. The summed E-state index contributed by atoms with van der Waals surface area (Å²) in [5.74, 6) is 0. The van der Waals surface area contributed by atoms with E-state index < -0.39 is 0 Å². The third-order valence-corrected chi connectivity index (χ3v) is 5.40. The van der Waals surface area contributed by atoms with Gasteiger partial charge in [0, 0.05) is 32.3 Å². The molecule has 3 nitrogen and oxygen atoms in total. The zero-order chi connectivity index (χ0) is 13.7. The molecule has 0 bridgehead atoms. The highest BCUT2D eigenvalue weighted by molar-refractivity contribution is 4.91. The van der Waals surface area contributed by atoms with Crippen LogP contribution in [-0.4, -0.2) is 50.3 Å². The molecule has 1 N–H and O–H groups in total. The van der Waals surface area contributed by atoms with E-state index in [4.69, 9.17) is 4.74 Å². The van der Waals surface area contributed by atoms with Crippen LogP contribution in [0, 0.1) is 5.41 Å². The van der Waals surface area contributed by atoms with Crippen LogP contribution in [0.3, 0.4) is 0 Å². The van der Waals surface area contributed by atoms with Crippen molar-refractivity contribution in [1.29, 1.82) is 0 Å². The molecule has 0 aromatic heterocycles. The summed E-state index contributed by atoms with van der Waals surface area (Å²) in [5.41, 5.74) is 0.486. The van der Waals surface area contributed by atoms with Crippen molar-refractivity contribution >= 4 is 0 Å². The Morgan fingerprint density at radius 2 is 1.60 bits per heavy atom. The minimum atomic E-state index is 0.486. The molecule has 116 valence electrons. The molecule has 0 atom stereocenters. The van der Waals surface area contributed by atoms with Gasteiger partial charge in [0.05, 0.1) is 0 Å². The summed E-state index contributed by atoms with van der Waals surface area (Å²) in [6.07, 6.45) is 12.4. The summed E-state index contributed by atoms with van der Waals surface area (Å²) >= 11 is 0. The summed E-state index contributed by atoms with van der Waals surface area (Å²) < 4.78 is 5.63. The quantitative estimate of drug-likeness (QED) is 0.838. The second-order valence-electron chi connectivity index (χ2n) is 7.31. The molecule has 20 heavy (non-hydrogen) atoms. The topological polar surface area (TPSA) is 24.5 Å². The first-order valence-corrected chi connectivity index (χ1v) is 8.90. The Bertz CT molecular complexity index is 277. The van der Waals surface area contributed by atoms with Crippen molar-refractivity contribution in [2.75, 3.05) is 39.4 Å². The molecule has 0 spiro atoms. The first kappa shape index (κ1) is 14.8. The molecule has 1 aliphatic carbocycles. The van der Waals surface area contributed by atoms with Crippen LogP contribution < -0.4 is 5.32 Å². The third kappa shape index (κ3) is 4.44. The monoisotopic (exact) mass is 280 g/mol. The van der Waals surface area contributed by atoms with E-state index in [1.165, 1.54) is 84.0 Å². The molecule has 0 amide bonds. The SMILES string of the molecule is C1CCCN(CC2(CNC3CC3)CCOCC2)CCC1. The lowest BCUT2D eigenvalue weighted by Gasteiger charge is -2.42. The summed E-state index contributed by atoms with van der Waals surface area (Å²) in [6, 6.07) is 0.835. The molecule has 3 heteroatoms. The molecule has 0 aromatic carbocycles. The van der Waals surface area contributed by atoms with E-state index in [0.717, 1.165) is 19.3 Å². The molecule has 0 radical (unpaired) electrons. The molecule has 1 saturated carbocycles. The average molecular weight is 280 g/mol. The van der Waals surface area contributed by atoms with Crippen molar-refractivity contribution in [3.63, 3.8) is 0 Å². The number of ether oxygens (including phenoxy) is 1. The minimum absolute atomic E-state index is 0.486. The van der Waals surface area contributed by atoms with E-state index in [9.17, 15) is 0 Å². The standard InChI is InChI=1S/C17H32N2O/c1-2-4-10-19(11-5-3-1)15-17(8-12-20-13-9-17)14-18-16-6-7-16/h16,18H,1-15H2. The van der Waals surface area contributed by atoms with Crippen LogP contribution in [0.25, 0.3) is 0 Å². The molecule has 3 aliphatic rings. The molecule has 2 aliphatic heterocycles. The number of likely N-dealkylation sites (tertiary alicyclic amines) is 1. The predicted molar refractivity (Wildman–Crippen MR) is 83.0 cm³/mol. The molecule has 2 saturated heterocycles. The van der Waals surface area contributed by atoms with Gasteiger partial charge in [-0.15, -0.1) is 0 Å². The normalized spacial score (nSPS) is 28.8. The van der Waals surface area contributed by atoms with Gasteiger partial charge in [0.25, 0.3) is 0 Å².